The summed E-state index contributed by atoms with van der Waals surface area (Å²) in [6.07, 6.45) is 1.39. The lowest BCUT2D eigenvalue weighted by molar-refractivity contribution is -0.121. The molecular weight excluding hydrogens is 427 g/mol. The third-order valence-electron chi connectivity index (χ3n) is 3.91. The van der Waals surface area contributed by atoms with Gasteiger partial charge in [-0.3, -0.25) is 4.79 Å². The van der Waals surface area contributed by atoms with Gasteiger partial charge in [0.25, 0.3) is 0 Å². The molecule has 0 fully saturated rings. The highest BCUT2D eigenvalue weighted by atomic mass is 127. The predicted molar refractivity (Wildman–Crippen MR) is 117 cm³/mol. The van der Waals surface area contributed by atoms with E-state index in [0.29, 0.717) is 19.5 Å². The van der Waals surface area contributed by atoms with Crippen LogP contribution in [0.2, 0.25) is 0 Å². The Morgan fingerprint density at radius 2 is 1.92 bits per heavy atom. The van der Waals surface area contributed by atoms with E-state index < -0.39 is 0 Å². The van der Waals surface area contributed by atoms with Crippen LogP contribution in [0.3, 0.4) is 0 Å². The fraction of sp³-hybridized carbons (Fsp3) is 0.579. The van der Waals surface area contributed by atoms with Crippen molar-refractivity contribution in [2.24, 2.45) is 4.99 Å². The maximum absolute atomic E-state index is 11.8. The monoisotopic (exact) mass is 460 g/mol. The van der Waals surface area contributed by atoms with Crippen LogP contribution in [-0.2, 0) is 11.3 Å². The first kappa shape index (κ1) is 23.7. The van der Waals surface area contributed by atoms with E-state index >= 15 is 0 Å². The smallest absolute Gasteiger partial charge is 0.221 e. The summed E-state index contributed by atoms with van der Waals surface area (Å²) in [7, 11) is 0. The van der Waals surface area contributed by atoms with Crippen LogP contribution in [0.25, 0.3) is 0 Å². The molecule has 0 saturated carbocycles. The van der Waals surface area contributed by atoms with Gasteiger partial charge in [-0.05, 0) is 45.2 Å². The zero-order chi connectivity index (χ0) is 17.9. The Hall–Kier alpha value is -1.31. The quantitative estimate of drug-likeness (QED) is 0.317. The number of nitrogens with one attached hydrogen (secondary N) is 3. The molecule has 1 rings (SSSR count). The van der Waals surface area contributed by atoms with Crippen molar-refractivity contribution in [3.05, 3.63) is 34.9 Å². The SMILES string of the molecule is CCNC(=NCc1ccc(C)cc1C)NCCC(=O)NC(C)CC.I. The number of aryl methyl sites for hydroxylation is 2. The Morgan fingerprint density at radius 3 is 2.52 bits per heavy atom. The van der Waals surface area contributed by atoms with Crippen molar-refractivity contribution in [2.45, 2.75) is 60.0 Å². The lowest BCUT2D eigenvalue weighted by Crippen LogP contribution is -2.40. The third-order valence-corrected chi connectivity index (χ3v) is 3.91. The fourth-order valence-corrected chi connectivity index (χ4v) is 2.27. The van der Waals surface area contributed by atoms with Crippen molar-refractivity contribution >= 4 is 35.8 Å². The summed E-state index contributed by atoms with van der Waals surface area (Å²) in [6, 6.07) is 6.63. The number of rotatable bonds is 8. The molecule has 0 saturated heterocycles. The lowest BCUT2D eigenvalue weighted by Gasteiger charge is -2.14. The minimum Gasteiger partial charge on any atom is -0.357 e. The minimum atomic E-state index is 0. The molecule has 6 heteroatoms. The number of halogens is 1. The van der Waals surface area contributed by atoms with Crippen LogP contribution in [0.1, 0.15) is 50.3 Å². The lowest BCUT2D eigenvalue weighted by atomic mass is 10.1. The third kappa shape index (κ3) is 9.67. The highest BCUT2D eigenvalue weighted by Crippen LogP contribution is 2.11. The first-order valence-electron chi connectivity index (χ1n) is 8.83. The maximum atomic E-state index is 11.8. The van der Waals surface area contributed by atoms with Crippen molar-refractivity contribution in [2.75, 3.05) is 13.1 Å². The predicted octanol–water partition coefficient (Wildman–Crippen LogP) is 3.28. The topological polar surface area (TPSA) is 65.5 Å². The molecule has 1 aromatic rings. The normalized spacial score (nSPS) is 12.1. The Balaban J connectivity index is 0.00000576. The van der Waals surface area contributed by atoms with E-state index in [0.717, 1.165) is 18.9 Å². The molecule has 142 valence electrons. The molecule has 25 heavy (non-hydrogen) atoms. The molecule has 1 aromatic carbocycles. The molecule has 0 bridgehead atoms. The largest absolute Gasteiger partial charge is 0.357 e. The molecule has 0 aliphatic rings. The summed E-state index contributed by atoms with van der Waals surface area (Å²) in [5.74, 6) is 0.816. The molecule has 1 atom stereocenters. The number of hydrogen-bond donors (Lipinski definition) is 3. The Bertz CT molecular complexity index is 560. The zero-order valence-electron chi connectivity index (χ0n) is 16.1. The molecule has 0 heterocycles. The Kier molecular flexibility index (Phi) is 12.3. The van der Waals surface area contributed by atoms with Crippen LogP contribution in [0.4, 0.5) is 0 Å². The van der Waals surface area contributed by atoms with Crippen molar-refractivity contribution in [1.29, 1.82) is 0 Å². The van der Waals surface area contributed by atoms with Gasteiger partial charge in [-0.15, -0.1) is 24.0 Å². The van der Waals surface area contributed by atoms with Crippen LogP contribution in [0.15, 0.2) is 23.2 Å². The number of amides is 1. The van der Waals surface area contributed by atoms with Gasteiger partial charge in [0.1, 0.15) is 0 Å². The van der Waals surface area contributed by atoms with E-state index in [9.17, 15) is 4.79 Å². The number of nitrogens with zero attached hydrogens (tertiary/aromatic N) is 1. The number of carbonyl (C=O) groups excluding carboxylic acids is 1. The van der Waals surface area contributed by atoms with Crippen LogP contribution < -0.4 is 16.0 Å². The number of aliphatic imine (C=N–C) groups is 1. The first-order chi connectivity index (χ1) is 11.5. The summed E-state index contributed by atoms with van der Waals surface area (Å²) >= 11 is 0. The van der Waals surface area contributed by atoms with E-state index in [2.05, 4.69) is 59.9 Å². The molecule has 0 spiro atoms. The van der Waals surface area contributed by atoms with Crippen LogP contribution >= 0.6 is 24.0 Å². The van der Waals surface area contributed by atoms with Gasteiger partial charge < -0.3 is 16.0 Å². The van der Waals surface area contributed by atoms with Crippen molar-refractivity contribution < 1.29 is 4.79 Å². The second-order valence-electron chi connectivity index (χ2n) is 6.18. The summed E-state index contributed by atoms with van der Waals surface area (Å²) in [4.78, 5) is 16.4. The highest BCUT2D eigenvalue weighted by Gasteiger charge is 2.06. The van der Waals surface area contributed by atoms with E-state index in [1.54, 1.807) is 0 Å². The Labute approximate surface area is 169 Å². The standard InChI is InChI=1S/C19H32N4O.HI/c1-6-16(5)23-18(24)10-11-21-19(20-7-2)22-13-17-9-8-14(3)12-15(17)4;/h8-9,12,16H,6-7,10-11,13H2,1-5H3,(H,23,24)(H2,20,21,22);1H. The summed E-state index contributed by atoms with van der Waals surface area (Å²) in [5, 5.41) is 9.41. The van der Waals surface area contributed by atoms with Gasteiger partial charge in [0, 0.05) is 25.6 Å². The van der Waals surface area contributed by atoms with Gasteiger partial charge in [0.05, 0.1) is 6.54 Å². The first-order valence-corrected chi connectivity index (χ1v) is 8.83. The summed E-state index contributed by atoms with van der Waals surface area (Å²) in [6.45, 7) is 12.3. The average molecular weight is 460 g/mol. The van der Waals surface area contributed by atoms with Crippen LogP contribution in [-0.4, -0.2) is 31.0 Å². The van der Waals surface area contributed by atoms with Gasteiger partial charge in [0.15, 0.2) is 5.96 Å². The minimum absolute atomic E-state index is 0. The zero-order valence-corrected chi connectivity index (χ0v) is 18.4. The maximum Gasteiger partial charge on any atom is 0.221 e. The van der Waals surface area contributed by atoms with Crippen molar-refractivity contribution in [3.8, 4) is 0 Å². The van der Waals surface area contributed by atoms with E-state index in [4.69, 9.17) is 0 Å². The van der Waals surface area contributed by atoms with Crippen LogP contribution in [0.5, 0.6) is 0 Å². The molecule has 0 aliphatic carbocycles. The van der Waals surface area contributed by atoms with E-state index in [-0.39, 0.29) is 35.9 Å². The number of carbonyl (C=O) groups is 1. The van der Waals surface area contributed by atoms with E-state index in [1.165, 1.54) is 16.7 Å². The number of hydrogen-bond acceptors (Lipinski definition) is 2. The van der Waals surface area contributed by atoms with Gasteiger partial charge >= 0.3 is 0 Å². The molecule has 0 aliphatic heterocycles. The van der Waals surface area contributed by atoms with E-state index in [1.807, 2.05) is 13.8 Å². The second kappa shape index (κ2) is 13.0. The van der Waals surface area contributed by atoms with Crippen molar-refractivity contribution in [1.82, 2.24) is 16.0 Å². The summed E-state index contributed by atoms with van der Waals surface area (Å²) < 4.78 is 0. The highest BCUT2D eigenvalue weighted by molar-refractivity contribution is 14.0. The molecule has 1 unspecified atom stereocenters. The molecule has 0 radical (unpaired) electrons. The van der Waals surface area contributed by atoms with Gasteiger partial charge in [-0.1, -0.05) is 30.7 Å². The second-order valence-corrected chi connectivity index (χ2v) is 6.18. The average Bonchev–Trinajstić information content (AvgIpc) is 2.53. The fourth-order valence-electron chi connectivity index (χ4n) is 2.27. The summed E-state index contributed by atoms with van der Waals surface area (Å²) in [5.41, 5.74) is 3.73. The van der Waals surface area contributed by atoms with Gasteiger partial charge in [0.2, 0.25) is 5.91 Å². The molecule has 1 amide bonds. The van der Waals surface area contributed by atoms with Gasteiger partial charge in [-0.2, -0.15) is 0 Å². The molecule has 0 aromatic heterocycles. The molecule has 3 N–H and O–H groups in total. The Morgan fingerprint density at radius 1 is 1.20 bits per heavy atom. The van der Waals surface area contributed by atoms with Crippen molar-refractivity contribution in [3.63, 3.8) is 0 Å². The van der Waals surface area contributed by atoms with Gasteiger partial charge in [-0.25, -0.2) is 4.99 Å². The number of guanidine groups is 1. The molecule has 5 nitrogen and oxygen atoms in total. The van der Waals surface area contributed by atoms with Crippen LogP contribution in [0, 0.1) is 13.8 Å². The molecular formula is C19H33IN4O. The number of benzene rings is 1.